The lowest BCUT2D eigenvalue weighted by Crippen LogP contribution is -2.52. The standard InChI is InChI=1S/C27H37FN4O3/c1-4-5-6-7-18-35-26(34)31-14-10-22(11-15-31)30-16-12-27(13-17-30)20-32(25(33)29(2)3)24-9-8-21(28)19-23(24)27/h8-9,19,22H,4-5,10-18,20H2,1-3H3. The number of ether oxygens (including phenoxy) is 1. The van der Waals surface area contributed by atoms with Crippen molar-refractivity contribution in [1.29, 1.82) is 0 Å². The number of hydrogen-bond donors (Lipinski definition) is 0. The van der Waals surface area contributed by atoms with Crippen LogP contribution in [0.3, 0.4) is 0 Å². The first-order chi connectivity index (χ1) is 16.8. The molecule has 4 rings (SSSR count). The fourth-order valence-electron chi connectivity index (χ4n) is 5.67. The molecule has 0 aromatic heterocycles. The van der Waals surface area contributed by atoms with Gasteiger partial charge in [0.15, 0.2) is 6.61 Å². The van der Waals surface area contributed by atoms with Gasteiger partial charge in [0.25, 0.3) is 0 Å². The van der Waals surface area contributed by atoms with E-state index >= 15 is 0 Å². The third kappa shape index (κ3) is 5.40. The van der Waals surface area contributed by atoms with E-state index in [0.29, 0.717) is 25.7 Å². The van der Waals surface area contributed by atoms with E-state index in [9.17, 15) is 14.0 Å². The summed E-state index contributed by atoms with van der Waals surface area (Å²) in [5, 5.41) is 0. The van der Waals surface area contributed by atoms with Crippen molar-refractivity contribution in [2.45, 2.75) is 56.9 Å². The van der Waals surface area contributed by atoms with Crippen molar-refractivity contribution in [2.24, 2.45) is 0 Å². The number of benzene rings is 1. The van der Waals surface area contributed by atoms with Gasteiger partial charge in [0.2, 0.25) is 0 Å². The third-order valence-electron chi connectivity index (χ3n) is 7.66. The van der Waals surface area contributed by atoms with Crippen LogP contribution in [0.2, 0.25) is 0 Å². The van der Waals surface area contributed by atoms with Gasteiger partial charge in [-0.2, -0.15) is 0 Å². The Morgan fingerprint density at radius 3 is 2.51 bits per heavy atom. The number of urea groups is 1. The topological polar surface area (TPSA) is 56.3 Å². The Morgan fingerprint density at radius 2 is 1.86 bits per heavy atom. The number of nitrogens with zero attached hydrogens (tertiary/aromatic N) is 4. The monoisotopic (exact) mass is 484 g/mol. The SMILES string of the molecule is CCCC#CCOC(=O)N1CCC(N2CCC3(CC2)CN(C(=O)N(C)C)c2ccc(F)cc23)CC1. The molecule has 0 unspecified atom stereocenters. The maximum atomic E-state index is 14.2. The zero-order valence-electron chi connectivity index (χ0n) is 21.2. The molecule has 190 valence electrons. The largest absolute Gasteiger partial charge is 0.436 e. The van der Waals surface area contributed by atoms with E-state index in [4.69, 9.17) is 4.74 Å². The van der Waals surface area contributed by atoms with Gasteiger partial charge < -0.3 is 19.4 Å². The molecule has 2 fully saturated rings. The van der Waals surface area contributed by atoms with Crippen LogP contribution in [0.5, 0.6) is 0 Å². The number of hydrogen-bond acceptors (Lipinski definition) is 4. The van der Waals surface area contributed by atoms with E-state index in [1.165, 1.54) is 6.07 Å². The summed E-state index contributed by atoms with van der Waals surface area (Å²) >= 11 is 0. The van der Waals surface area contributed by atoms with Gasteiger partial charge in [-0.25, -0.2) is 14.0 Å². The highest BCUT2D eigenvalue weighted by atomic mass is 19.1. The summed E-state index contributed by atoms with van der Waals surface area (Å²) in [6.45, 7) is 6.01. The maximum Gasteiger partial charge on any atom is 0.410 e. The molecule has 0 radical (unpaired) electrons. The molecule has 3 heterocycles. The molecule has 3 aliphatic rings. The predicted molar refractivity (Wildman–Crippen MR) is 134 cm³/mol. The molecule has 0 bridgehead atoms. The molecule has 1 aromatic rings. The minimum Gasteiger partial charge on any atom is -0.436 e. The molecule has 0 aliphatic carbocycles. The van der Waals surface area contributed by atoms with Gasteiger partial charge in [-0.15, -0.1) is 0 Å². The van der Waals surface area contributed by atoms with Crippen molar-refractivity contribution in [3.63, 3.8) is 0 Å². The molecular weight excluding hydrogens is 447 g/mol. The summed E-state index contributed by atoms with van der Waals surface area (Å²) in [5.74, 6) is 5.63. The molecule has 8 heteroatoms. The molecular formula is C27H37FN4O3. The number of carbonyl (C=O) groups excluding carboxylic acids is 2. The second-order valence-corrected chi connectivity index (χ2v) is 10.1. The summed E-state index contributed by atoms with van der Waals surface area (Å²) in [7, 11) is 3.50. The van der Waals surface area contributed by atoms with Crippen molar-refractivity contribution in [3.8, 4) is 11.8 Å². The van der Waals surface area contributed by atoms with Crippen LogP contribution in [0.4, 0.5) is 19.7 Å². The zero-order valence-corrected chi connectivity index (χ0v) is 21.2. The number of amides is 3. The summed E-state index contributed by atoms with van der Waals surface area (Å²) in [6, 6.07) is 5.18. The van der Waals surface area contributed by atoms with Crippen LogP contribution in [-0.4, -0.2) is 86.3 Å². The smallest absolute Gasteiger partial charge is 0.410 e. The van der Waals surface area contributed by atoms with Gasteiger partial charge in [-0.3, -0.25) is 4.90 Å². The normalized spacial score (nSPS) is 19.8. The van der Waals surface area contributed by atoms with Crippen LogP contribution in [0.25, 0.3) is 0 Å². The Balaban J connectivity index is 1.33. The van der Waals surface area contributed by atoms with Crippen LogP contribution >= 0.6 is 0 Å². The van der Waals surface area contributed by atoms with Gasteiger partial charge in [-0.1, -0.05) is 18.8 Å². The molecule has 3 aliphatic heterocycles. The Labute approximate surface area is 208 Å². The Kier molecular flexibility index (Phi) is 7.85. The lowest BCUT2D eigenvalue weighted by atomic mass is 9.74. The number of likely N-dealkylation sites (tertiary alicyclic amines) is 2. The van der Waals surface area contributed by atoms with E-state index in [2.05, 4.69) is 23.7 Å². The molecule has 0 atom stereocenters. The first-order valence-electron chi connectivity index (χ1n) is 12.7. The number of fused-ring (bicyclic) bond motifs is 2. The molecule has 0 N–H and O–H groups in total. The van der Waals surface area contributed by atoms with Gasteiger partial charge in [0.05, 0.1) is 0 Å². The highest BCUT2D eigenvalue weighted by Crippen LogP contribution is 2.48. The van der Waals surface area contributed by atoms with Crippen molar-refractivity contribution in [2.75, 3.05) is 58.3 Å². The number of unbranched alkanes of at least 4 members (excludes halogenated alkanes) is 1. The number of carbonyl (C=O) groups is 2. The molecule has 1 spiro atoms. The van der Waals surface area contributed by atoms with Crippen LogP contribution in [0, 0.1) is 17.7 Å². The van der Waals surface area contributed by atoms with Crippen molar-refractivity contribution < 1.29 is 18.7 Å². The Bertz CT molecular complexity index is 986. The fraction of sp³-hybridized carbons (Fsp3) is 0.630. The number of piperidine rings is 2. The first-order valence-corrected chi connectivity index (χ1v) is 12.7. The number of anilines is 1. The molecule has 0 saturated carbocycles. The second kappa shape index (κ2) is 10.9. The molecule has 2 saturated heterocycles. The highest BCUT2D eigenvalue weighted by Gasteiger charge is 2.47. The molecule has 7 nitrogen and oxygen atoms in total. The van der Waals surface area contributed by atoms with Crippen molar-refractivity contribution >= 4 is 17.8 Å². The molecule has 35 heavy (non-hydrogen) atoms. The fourth-order valence-corrected chi connectivity index (χ4v) is 5.67. The Morgan fingerprint density at radius 1 is 1.14 bits per heavy atom. The zero-order chi connectivity index (χ0) is 25.0. The van der Waals surface area contributed by atoms with Crippen LogP contribution in [0.15, 0.2) is 18.2 Å². The summed E-state index contributed by atoms with van der Waals surface area (Å²) in [4.78, 5) is 32.8. The molecule has 1 aromatic carbocycles. The average Bonchev–Trinajstić information content (AvgIpc) is 3.16. The first kappa shape index (κ1) is 25.3. The lowest BCUT2D eigenvalue weighted by Gasteiger charge is -2.45. The number of rotatable bonds is 3. The minimum atomic E-state index is -0.276. The lowest BCUT2D eigenvalue weighted by molar-refractivity contribution is 0.0602. The third-order valence-corrected chi connectivity index (χ3v) is 7.66. The van der Waals surface area contributed by atoms with Crippen LogP contribution in [-0.2, 0) is 10.2 Å². The van der Waals surface area contributed by atoms with Crippen LogP contribution < -0.4 is 4.90 Å². The van der Waals surface area contributed by atoms with E-state index < -0.39 is 0 Å². The minimum absolute atomic E-state index is 0.0623. The van der Waals surface area contributed by atoms with Crippen molar-refractivity contribution in [3.05, 3.63) is 29.6 Å². The summed E-state index contributed by atoms with van der Waals surface area (Å²) < 4.78 is 19.5. The van der Waals surface area contributed by atoms with E-state index in [0.717, 1.165) is 62.9 Å². The van der Waals surface area contributed by atoms with Gasteiger partial charge in [0.1, 0.15) is 5.82 Å². The van der Waals surface area contributed by atoms with Crippen molar-refractivity contribution in [1.82, 2.24) is 14.7 Å². The summed E-state index contributed by atoms with van der Waals surface area (Å²) in [6.07, 6.45) is 5.16. The van der Waals surface area contributed by atoms with Gasteiger partial charge in [0, 0.05) is 57.3 Å². The quantitative estimate of drug-likeness (QED) is 0.607. The summed E-state index contributed by atoms with van der Waals surface area (Å²) in [5.41, 5.74) is 1.60. The van der Waals surface area contributed by atoms with E-state index in [1.807, 2.05) is 0 Å². The number of halogens is 1. The predicted octanol–water partition coefficient (Wildman–Crippen LogP) is 4.07. The average molecular weight is 485 g/mol. The molecule has 3 amide bonds. The maximum absolute atomic E-state index is 14.2. The van der Waals surface area contributed by atoms with Gasteiger partial charge >= 0.3 is 12.1 Å². The highest BCUT2D eigenvalue weighted by molar-refractivity contribution is 5.95. The van der Waals surface area contributed by atoms with Gasteiger partial charge in [-0.05, 0) is 69.0 Å². The second-order valence-electron chi connectivity index (χ2n) is 10.1. The van der Waals surface area contributed by atoms with E-state index in [-0.39, 0.29) is 30.0 Å². The van der Waals surface area contributed by atoms with E-state index in [1.54, 1.807) is 40.9 Å². The van der Waals surface area contributed by atoms with Crippen LogP contribution in [0.1, 0.15) is 51.0 Å². The Hall–Kier alpha value is -2.79.